The lowest BCUT2D eigenvalue weighted by atomic mass is 9.59. The molecule has 0 heterocycles. The van der Waals surface area contributed by atoms with Gasteiger partial charge in [-0.3, -0.25) is 19.3 Å². The molecular weight excluding hydrogens is 511 g/mol. The average molecular weight is 547 g/mol. The Labute approximate surface area is 225 Å². The van der Waals surface area contributed by atoms with E-state index in [1.807, 2.05) is 6.92 Å². The van der Waals surface area contributed by atoms with Crippen LogP contribution in [0.2, 0.25) is 0 Å². The summed E-state index contributed by atoms with van der Waals surface area (Å²) in [6, 6.07) is 0.0454. The number of nitrogens with two attached hydrogens (primary N) is 1. The zero-order valence-corrected chi connectivity index (χ0v) is 22.2. The van der Waals surface area contributed by atoms with E-state index < -0.39 is 70.4 Å². The Morgan fingerprint density at radius 2 is 1.95 bits per heavy atom. The highest BCUT2D eigenvalue weighted by atomic mass is 19.1. The van der Waals surface area contributed by atoms with Gasteiger partial charge in [-0.05, 0) is 45.8 Å². The molecule has 8 N–H and O–H groups in total. The largest absolute Gasteiger partial charge is 0.510 e. The van der Waals surface area contributed by atoms with Gasteiger partial charge in [0.2, 0.25) is 11.8 Å². The van der Waals surface area contributed by atoms with E-state index in [2.05, 4.69) is 10.6 Å². The highest BCUT2D eigenvalue weighted by molar-refractivity contribution is 6.15. The summed E-state index contributed by atoms with van der Waals surface area (Å²) < 4.78 is 15.3. The fourth-order valence-corrected chi connectivity index (χ4v) is 6.15. The molecule has 1 aromatic rings. The molecule has 0 radical (unpaired) electrons. The van der Waals surface area contributed by atoms with E-state index in [0.717, 1.165) is 18.9 Å². The van der Waals surface area contributed by atoms with Crippen molar-refractivity contribution in [2.24, 2.45) is 17.6 Å². The number of rotatable bonds is 8. The molecule has 0 spiro atoms. The first-order chi connectivity index (χ1) is 18.3. The molecule has 11 nitrogen and oxygen atoms in total. The predicted octanol–water partition coefficient (Wildman–Crippen LogP) is 1.41. The Morgan fingerprint density at radius 1 is 1.26 bits per heavy atom. The predicted molar refractivity (Wildman–Crippen MR) is 140 cm³/mol. The van der Waals surface area contributed by atoms with Crippen LogP contribution in [0.25, 0.3) is 0 Å². The maximum atomic E-state index is 15.3. The highest BCUT2D eigenvalue weighted by Gasteiger charge is 2.58. The molecule has 0 unspecified atom stereocenters. The third-order valence-corrected chi connectivity index (χ3v) is 8.04. The second-order valence-corrected chi connectivity index (χ2v) is 10.8. The fraction of sp³-hybridized carbons (Fsp3) is 0.519. The fourth-order valence-electron chi connectivity index (χ4n) is 6.15. The topological polar surface area (TPSA) is 185 Å². The van der Waals surface area contributed by atoms with E-state index in [-0.39, 0.29) is 47.5 Å². The number of aliphatic hydroxyl groups is 3. The van der Waals surface area contributed by atoms with E-state index >= 15 is 4.39 Å². The molecule has 0 saturated carbocycles. The van der Waals surface area contributed by atoms with Gasteiger partial charge in [-0.15, -0.1) is 0 Å². The zero-order valence-electron chi connectivity index (χ0n) is 22.2. The van der Waals surface area contributed by atoms with Crippen LogP contribution in [0.4, 0.5) is 10.1 Å². The van der Waals surface area contributed by atoms with Crippen molar-refractivity contribution in [1.29, 1.82) is 0 Å². The van der Waals surface area contributed by atoms with Crippen LogP contribution in [0.3, 0.4) is 0 Å². The normalized spacial score (nSPS) is 26.3. The van der Waals surface area contributed by atoms with Crippen molar-refractivity contribution < 1.29 is 39.2 Å². The first-order valence-electron chi connectivity index (χ1n) is 13.0. The van der Waals surface area contributed by atoms with Gasteiger partial charge in [-0.1, -0.05) is 13.3 Å². The van der Waals surface area contributed by atoms with Crippen molar-refractivity contribution in [3.8, 4) is 5.75 Å². The number of carbonyl (C=O) groups excluding carboxylic acids is 3. The van der Waals surface area contributed by atoms with Gasteiger partial charge in [-0.25, -0.2) is 4.39 Å². The minimum absolute atomic E-state index is 0.0710. The molecule has 0 aromatic heterocycles. The van der Waals surface area contributed by atoms with Gasteiger partial charge in [0.05, 0.1) is 29.4 Å². The number of amides is 2. The van der Waals surface area contributed by atoms with Crippen molar-refractivity contribution in [3.63, 3.8) is 0 Å². The molecule has 212 valence electrons. The molecule has 12 heteroatoms. The molecule has 0 aliphatic heterocycles. The number of likely N-dealkylation sites (N-methyl/N-ethyl adjacent to an activating group) is 1. The maximum Gasteiger partial charge on any atom is 0.248 e. The number of carbonyl (C=O) groups is 3. The Kier molecular flexibility index (Phi) is 7.75. The number of hydrogen-bond acceptors (Lipinski definition) is 9. The average Bonchev–Trinajstić information content (AvgIpc) is 2.85. The zero-order chi connectivity index (χ0) is 28.8. The number of phenols is 1. The Bertz CT molecular complexity index is 1290. The van der Waals surface area contributed by atoms with E-state index in [9.17, 15) is 34.8 Å². The van der Waals surface area contributed by atoms with Gasteiger partial charge >= 0.3 is 0 Å². The van der Waals surface area contributed by atoms with E-state index in [4.69, 9.17) is 5.73 Å². The minimum atomic E-state index is -2.12. The molecule has 0 bridgehead atoms. The van der Waals surface area contributed by atoms with Gasteiger partial charge in [0.15, 0.2) is 11.5 Å². The van der Waals surface area contributed by atoms with Crippen LogP contribution in [0.1, 0.15) is 48.5 Å². The molecule has 2 amide bonds. The first kappa shape index (κ1) is 28.5. The van der Waals surface area contributed by atoms with Crippen molar-refractivity contribution >= 4 is 23.3 Å². The quantitative estimate of drug-likeness (QED) is 0.187. The van der Waals surface area contributed by atoms with Crippen LogP contribution < -0.4 is 16.4 Å². The van der Waals surface area contributed by atoms with Crippen molar-refractivity contribution in [2.45, 2.75) is 50.7 Å². The molecule has 3 aliphatic rings. The molecule has 1 aromatic carbocycles. The molecular formula is C27H35FN4O7. The summed E-state index contributed by atoms with van der Waals surface area (Å²) in [6.45, 7) is 2.52. The number of Topliss-reactive ketones (excluding diaryl/α,β-unsaturated/α-hetero) is 1. The van der Waals surface area contributed by atoms with Crippen LogP contribution in [0.15, 0.2) is 28.7 Å². The number of halogens is 1. The lowest BCUT2D eigenvalue weighted by Crippen LogP contribution is -2.59. The Hall–Kier alpha value is -3.48. The number of phenolic OH excluding ortho intramolecular Hbond substituents is 1. The Balaban J connectivity index is 1.74. The smallest absolute Gasteiger partial charge is 0.248 e. The van der Waals surface area contributed by atoms with Crippen molar-refractivity contribution in [3.05, 3.63) is 45.7 Å². The number of fused-ring (bicyclic) bond motifs is 3. The van der Waals surface area contributed by atoms with Crippen LogP contribution in [0.5, 0.6) is 5.75 Å². The lowest BCUT2D eigenvalue weighted by Gasteiger charge is -2.51. The SMILES string of the molecule is CCCCNCC(=O)Nc1cc(F)c2c(c1O)C(=O)C1=C(O)[C@]3(O)CC(C(N)=O)=C(O)[C@@H](N(C)C)[C@@H]3C[C@@H]1C2. The highest BCUT2D eigenvalue weighted by Crippen LogP contribution is 2.54. The van der Waals surface area contributed by atoms with E-state index in [1.54, 1.807) is 19.0 Å². The van der Waals surface area contributed by atoms with Crippen LogP contribution in [-0.4, -0.2) is 81.8 Å². The van der Waals surface area contributed by atoms with E-state index in [0.29, 0.717) is 6.54 Å². The number of ketones is 1. The standard InChI is InChI=1S/C27H35FN4O7/c1-4-5-6-30-11-18(33)31-17-9-16(28)13-7-12-8-15-21(32(2)3)22(34)14(26(29)38)10-27(15,39)25(37)19(12)24(36)20(13)23(17)35/h9,12,15,21,30,34-35,37,39H,4-8,10-11H2,1-3H3,(H2,29,38)(H,31,33)/t12-,15-,21-,27-/m0/s1. The summed E-state index contributed by atoms with van der Waals surface area (Å²) in [5, 5.41) is 50.1. The van der Waals surface area contributed by atoms with Gasteiger partial charge in [0.25, 0.3) is 0 Å². The summed E-state index contributed by atoms with van der Waals surface area (Å²) in [6.07, 6.45) is 1.27. The molecule has 4 atom stereocenters. The molecule has 0 fully saturated rings. The van der Waals surface area contributed by atoms with Crippen LogP contribution in [0, 0.1) is 17.7 Å². The number of hydrogen-bond donors (Lipinski definition) is 7. The minimum Gasteiger partial charge on any atom is -0.510 e. The number of allylic oxidation sites excluding steroid dienone is 1. The molecule has 3 aliphatic carbocycles. The number of aromatic hydroxyl groups is 1. The van der Waals surface area contributed by atoms with E-state index in [1.165, 1.54) is 0 Å². The van der Waals surface area contributed by atoms with Gasteiger partial charge in [0.1, 0.15) is 22.9 Å². The summed E-state index contributed by atoms with van der Waals surface area (Å²) in [4.78, 5) is 39.7. The molecule has 4 rings (SSSR count). The number of aliphatic hydroxyl groups excluding tert-OH is 2. The van der Waals surface area contributed by atoms with Crippen molar-refractivity contribution in [2.75, 3.05) is 32.5 Å². The number of nitrogens with one attached hydrogen (secondary N) is 2. The van der Waals surface area contributed by atoms with Crippen molar-refractivity contribution in [1.82, 2.24) is 10.2 Å². The monoisotopic (exact) mass is 546 g/mol. The second-order valence-electron chi connectivity index (χ2n) is 10.8. The number of primary amides is 1. The number of nitrogens with zero attached hydrogens (tertiary/aromatic N) is 1. The maximum absolute atomic E-state index is 15.3. The summed E-state index contributed by atoms with van der Waals surface area (Å²) in [5.41, 5.74) is 2.08. The summed E-state index contributed by atoms with van der Waals surface area (Å²) >= 11 is 0. The Morgan fingerprint density at radius 3 is 2.56 bits per heavy atom. The van der Waals surface area contributed by atoms with Gasteiger partial charge in [0, 0.05) is 29.5 Å². The summed E-state index contributed by atoms with van der Waals surface area (Å²) in [7, 11) is 3.24. The summed E-state index contributed by atoms with van der Waals surface area (Å²) in [5.74, 6) is -6.47. The van der Waals surface area contributed by atoms with Crippen LogP contribution in [-0.2, 0) is 16.0 Å². The second kappa shape index (κ2) is 10.6. The third kappa shape index (κ3) is 4.77. The van der Waals surface area contributed by atoms with Gasteiger partial charge < -0.3 is 36.8 Å². The lowest BCUT2D eigenvalue weighted by molar-refractivity contribution is -0.118. The molecule has 0 saturated heterocycles. The van der Waals surface area contributed by atoms with Gasteiger partial charge in [-0.2, -0.15) is 0 Å². The third-order valence-electron chi connectivity index (χ3n) is 8.04. The first-order valence-corrected chi connectivity index (χ1v) is 13.0. The number of anilines is 1. The number of benzene rings is 1. The van der Waals surface area contributed by atoms with Crippen LogP contribution >= 0.6 is 0 Å². The number of unbranched alkanes of at least 4 members (excludes halogenated alkanes) is 1. The molecule has 39 heavy (non-hydrogen) atoms.